The van der Waals surface area contributed by atoms with Gasteiger partial charge >= 0.3 is 0 Å². The fraction of sp³-hybridized carbons (Fsp3) is 0.231. The van der Waals surface area contributed by atoms with Crippen LogP contribution in [0.2, 0.25) is 0 Å². The van der Waals surface area contributed by atoms with Crippen molar-refractivity contribution in [3.8, 4) is 0 Å². The minimum atomic E-state index is 1.09. The Morgan fingerprint density at radius 1 is 1.00 bits per heavy atom. The topological polar surface area (TPSA) is 0 Å². The molecule has 0 amide bonds. The van der Waals surface area contributed by atoms with Crippen LogP contribution in [0.3, 0.4) is 0 Å². The lowest BCUT2D eigenvalue weighted by Gasteiger charge is -2.10. The smallest absolute Gasteiger partial charge is 0.0129 e. The monoisotopic (exact) mass is 170 g/mol. The van der Waals surface area contributed by atoms with Crippen LogP contribution in [0.4, 0.5) is 0 Å². The largest absolute Gasteiger partial charge is 0.0726 e. The van der Waals surface area contributed by atoms with Crippen molar-refractivity contribution in [1.82, 2.24) is 0 Å². The Balaban J connectivity index is 2.44. The molecule has 66 valence electrons. The Morgan fingerprint density at radius 3 is 2.69 bits per heavy atom. The molecule has 0 heterocycles. The first-order valence-corrected chi connectivity index (χ1v) is 4.70. The summed E-state index contributed by atoms with van der Waals surface area (Å²) in [4.78, 5) is 0. The molecule has 0 bridgehead atoms. The summed E-state index contributed by atoms with van der Waals surface area (Å²) in [6.45, 7) is 4.31. The van der Waals surface area contributed by atoms with Gasteiger partial charge in [0.1, 0.15) is 0 Å². The van der Waals surface area contributed by atoms with Crippen LogP contribution >= 0.6 is 0 Å². The molecular weight excluding hydrogens is 156 g/mol. The Hall–Kier alpha value is -1.30. The number of hydrogen-bond acceptors (Lipinski definition) is 0. The quantitative estimate of drug-likeness (QED) is 0.520. The summed E-state index contributed by atoms with van der Waals surface area (Å²) in [5, 5.41) is 0. The number of fused-ring (bicyclic) bond motifs is 1. The van der Waals surface area contributed by atoms with E-state index < -0.39 is 0 Å². The van der Waals surface area contributed by atoms with E-state index >= 15 is 0 Å². The van der Waals surface area contributed by atoms with Crippen molar-refractivity contribution in [2.45, 2.75) is 20.3 Å². The molecule has 0 spiro atoms. The molecule has 0 saturated heterocycles. The predicted octanol–water partition coefficient (Wildman–Crippen LogP) is 3.71. The lowest BCUT2D eigenvalue weighted by Crippen LogP contribution is -1.91. The molecule has 2 aliphatic carbocycles. The van der Waals surface area contributed by atoms with Crippen LogP contribution in [-0.2, 0) is 0 Å². The van der Waals surface area contributed by atoms with Crippen molar-refractivity contribution in [2.75, 3.05) is 0 Å². The normalized spacial score (nSPS) is 20.8. The molecule has 0 unspecified atom stereocenters. The highest BCUT2D eigenvalue weighted by molar-refractivity contribution is 5.55. The molecule has 0 heteroatoms. The zero-order chi connectivity index (χ0) is 9.26. The first-order valence-electron chi connectivity index (χ1n) is 4.70. The van der Waals surface area contributed by atoms with Crippen molar-refractivity contribution in [3.63, 3.8) is 0 Å². The first-order chi connectivity index (χ1) is 6.25. The Labute approximate surface area is 79.7 Å². The van der Waals surface area contributed by atoms with Crippen LogP contribution in [0.15, 0.2) is 58.7 Å². The zero-order valence-corrected chi connectivity index (χ0v) is 8.17. The summed E-state index contributed by atoms with van der Waals surface area (Å²) in [6, 6.07) is 0. The maximum Gasteiger partial charge on any atom is -0.0129 e. The summed E-state index contributed by atoms with van der Waals surface area (Å²) in [5.74, 6) is 0. The number of allylic oxidation sites excluding steroid dienone is 10. The first kappa shape index (κ1) is 8.31. The fourth-order valence-corrected chi connectivity index (χ4v) is 1.60. The third-order valence-electron chi connectivity index (χ3n) is 2.43. The lowest BCUT2D eigenvalue weighted by atomic mass is 9.95. The minimum absolute atomic E-state index is 1.09. The Morgan fingerprint density at radius 2 is 1.85 bits per heavy atom. The van der Waals surface area contributed by atoms with Gasteiger partial charge < -0.3 is 0 Å². The molecule has 0 saturated carbocycles. The van der Waals surface area contributed by atoms with E-state index in [2.05, 4.69) is 50.3 Å². The fourth-order valence-electron chi connectivity index (χ4n) is 1.60. The number of rotatable bonds is 0. The highest BCUT2D eigenvalue weighted by atomic mass is 14.1. The van der Waals surface area contributed by atoms with Gasteiger partial charge in [-0.3, -0.25) is 0 Å². The molecule has 0 N–H and O–H groups in total. The van der Waals surface area contributed by atoms with Gasteiger partial charge in [0.05, 0.1) is 0 Å². The number of hydrogen-bond donors (Lipinski definition) is 0. The SMILES string of the molecule is CC1=CC=C2C=C(C)CC=C2C=C1. The zero-order valence-electron chi connectivity index (χ0n) is 8.17. The van der Waals surface area contributed by atoms with Gasteiger partial charge in [-0.05, 0) is 31.4 Å². The highest BCUT2D eigenvalue weighted by Gasteiger charge is 2.06. The van der Waals surface area contributed by atoms with Gasteiger partial charge in [0, 0.05) is 0 Å². The van der Waals surface area contributed by atoms with Crippen molar-refractivity contribution in [2.24, 2.45) is 0 Å². The van der Waals surface area contributed by atoms with E-state index in [1.807, 2.05) is 0 Å². The third-order valence-corrected chi connectivity index (χ3v) is 2.43. The van der Waals surface area contributed by atoms with Gasteiger partial charge in [0.15, 0.2) is 0 Å². The van der Waals surface area contributed by atoms with E-state index in [0.717, 1.165) is 6.42 Å². The molecule has 0 aromatic heterocycles. The highest BCUT2D eigenvalue weighted by Crippen LogP contribution is 2.25. The van der Waals surface area contributed by atoms with Crippen molar-refractivity contribution in [1.29, 1.82) is 0 Å². The maximum atomic E-state index is 2.30. The Kier molecular flexibility index (Phi) is 2.05. The molecule has 0 nitrogen and oxygen atoms in total. The molecule has 0 atom stereocenters. The van der Waals surface area contributed by atoms with Crippen LogP contribution in [0, 0.1) is 0 Å². The van der Waals surface area contributed by atoms with Gasteiger partial charge in [-0.2, -0.15) is 0 Å². The summed E-state index contributed by atoms with van der Waals surface area (Å²) < 4.78 is 0. The second kappa shape index (κ2) is 3.21. The van der Waals surface area contributed by atoms with E-state index in [1.54, 1.807) is 0 Å². The predicted molar refractivity (Wildman–Crippen MR) is 57.4 cm³/mol. The van der Waals surface area contributed by atoms with E-state index in [-0.39, 0.29) is 0 Å². The lowest BCUT2D eigenvalue weighted by molar-refractivity contribution is 1.16. The average Bonchev–Trinajstić information content (AvgIpc) is 2.29. The second-order valence-corrected chi connectivity index (χ2v) is 3.72. The second-order valence-electron chi connectivity index (χ2n) is 3.72. The van der Waals surface area contributed by atoms with E-state index in [1.165, 1.54) is 22.3 Å². The maximum absolute atomic E-state index is 2.30. The summed E-state index contributed by atoms with van der Waals surface area (Å²) >= 11 is 0. The molecule has 0 aromatic carbocycles. The molecule has 2 aliphatic rings. The van der Waals surface area contributed by atoms with Crippen LogP contribution in [0.1, 0.15) is 20.3 Å². The van der Waals surface area contributed by atoms with Gasteiger partial charge in [-0.15, -0.1) is 0 Å². The average molecular weight is 170 g/mol. The van der Waals surface area contributed by atoms with Crippen LogP contribution in [-0.4, -0.2) is 0 Å². The van der Waals surface area contributed by atoms with Gasteiger partial charge in [-0.25, -0.2) is 0 Å². The van der Waals surface area contributed by atoms with Crippen molar-refractivity contribution < 1.29 is 0 Å². The van der Waals surface area contributed by atoms with Crippen LogP contribution in [0.25, 0.3) is 0 Å². The van der Waals surface area contributed by atoms with Crippen LogP contribution < -0.4 is 0 Å². The molecule has 13 heavy (non-hydrogen) atoms. The standard InChI is InChI=1S/C13H14/c1-10-3-6-12-7-5-11(2)9-13(12)8-4-10/h3-4,6-9H,5H2,1-2H3. The summed E-state index contributed by atoms with van der Waals surface area (Å²) in [6.07, 6.45) is 14.4. The summed E-state index contributed by atoms with van der Waals surface area (Å²) in [7, 11) is 0. The van der Waals surface area contributed by atoms with Crippen molar-refractivity contribution >= 4 is 0 Å². The molecule has 2 rings (SSSR count). The minimum Gasteiger partial charge on any atom is -0.0726 e. The Bertz CT molecular complexity index is 371. The van der Waals surface area contributed by atoms with E-state index in [9.17, 15) is 0 Å². The van der Waals surface area contributed by atoms with Crippen LogP contribution in [0.5, 0.6) is 0 Å². The van der Waals surface area contributed by atoms with E-state index in [4.69, 9.17) is 0 Å². The molecule has 0 aromatic rings. The van der Waals surface area contributed by atoms with Gasteiger partial charge in [0.25, 0.3) is 0 Å². The molecule has 0 radical (unpaired) electrons. The molecule has 0 aliphatic heterocycles. The van der Waals surface area contributed by atoms with Gasteiger partial charge in [-0.1, -0.05) is 47.6 Å². The molecular formula is C13H14. The van der Waals surface area contributed by atoms with Gasteiger partial charge in [0.2, 0.25) is 0 Å². The van der Waals surface area contributed by atoms with Crippen molar-refractivity contribution in [3.05, 3.63) is 58.7 Å². The molecule has 0 fully saturated rings. The summed E-state index contributed by atoms with van der Waals surface area (Å²) in [5.41, 5.74) is 5.46. The van der Waals surface area contributed by atoms with E-state index in [0.29, 0.717) is 0 Å². The third kappa shape index (κ3) is 1.72.